The lowest BCUT2D eigenvalue weighted by atomic mass is 9.96. The monoisotopic (exact) mass is 223 g/mol. The lowest BCUT2D eigenvalue weighted by Gasteiger charge is -2.32. The Balaban J connectivity index is 2.18. The maximum absolute atomic E-state index is 10.8. The van der Waals surface area contributed by atoms with Gasteiger partial charge in [-0.3, -0.25) is 4.79 Å². The van der Waals surface area contributed by atoms with Crippen molar-refractivity contribution in [2.75, 3.05) is 26.2 Å². The van der Waals surface area contributed by atoms with Crippen LogP contribution in [0.15, 0.2) is 0 Å². The number of hydrogen-bond donors (Lipinski definition) is 1. The lowest BCUT2D eigenvalue weighted by Crippen LogP contribution is -2.39. The summed E-state index contributed by atoms with van der Waals surface area (Å²) in [7, 11) is 0. The van der Waals surface area contributed by atoms with E-state index in [1.807, 2.05) is 6.92 Å². The second kappa shape index (κ2) is 6.49. The maximum atomic E-state index is 10.8. The fraction of sp³-hybridized carbons (Fsp3) is 0.833. The van der Waals surface area contributed by atoms with E-state index in [-0.39, 0.29) is 11.8 Å². The fourth-order valence-electron chi connectivity index (χ4n) is 2.09. The third-order valence-corrected chi connectivity index (χ3v) is 3.10. The summed E-state index contributed by atoms with van der Waals surface area (Å²) in [5.41, 5.74) is 0. The smallest absolute Gasteiger partial charge is 0.216 e. The molecule has 0 aliphatic carbocycles. The van der Waals surface area contributed by atoms with E-state index in [9.17, 15) is 4.79 Å². The molecule has 1 aliphatic heterocycles. The molecule has 1 amide bonds. The van der Waals surface area contributed by atoms with Gasteiger partial charge >= 0.3 is 0 Å². The molecular formula is C12H21N3O. The minimum absolute atomic E-state index is 0.0560. The first-order valence-electron chi connectivity index (χ1n) is 5.98. The van der Waals surface area contributed by atoms with Gasteiger partial charge in [-0.15, -0.1) is 0 Å². The Hall–Kier alpha value is -1.08. The van der Waals surface area contributed by atoms with Gasteiger partial charge in [0.1, 0.15) is 0 Å². The van der Waals surface area contributed by atoms with Crippen LogP contribution in [0.25, 0.3) is 0 Å². The Kier molecular flexibility index (Phi) is 5.27. The fourth-order valence-corrected chi connectivity index (χ4v) is 2.09. The molecule has 1 saturated heterocycles. The summed E-state index contributed by atoms with van der Waals surface area (Å²) in [6.07, 6.45) is 2.25. The van der Waals surface area contributed by atoms with E-state index < -0.39 is 0 Å². The van der Waals surface area contributed by atoms with Crippen LogP contribution in [0.4, 0.5) is 0 Å². The molecule has 1 rings (SSSR count). The van der Waals surface area contributed by atoms with Gasteiger partial charge in [0.15, 0.2) is 0 Å². The Labute approximate surface area is 97.6 Å². The van der Waals surface area contributed by atoms with Crippen LogP contribution >= 0.6 is 0 Å². The lowest BCUT2D eigenvalue weighted by molar-refractivity contribution is -0.119. The quantitative estimate of drug-likeness (QED) is 0.773. The van der Waals surface area contributed by atoms with Crippen molar-refractivity contribution in [1.82, 2.24) is 10.2 Å². The standard InChI is InChI=1S/C12H21N3O/c1-10(7-13)9-15-5-3-12(4-6-15)8-14-11(2)16/h10,12H,3-6,8-9H2,1-2H3,(H,14,16). The second-order valence-corrected chi connectivity index (χ2v) is 4.71. The summed E-state index contributed by atoms with van der Waals surface area (Å²) in [4.78, 5) is 13.1. The van der Waals surface area contributed by atoms with Crippen molar-refractivity contribution >= 4 is 5.91 Å². The van der Waals surface area contributed by atoms with Crippen molar-refractivity contribution in [3.63, 3.8) is 0 Å². The predicted octanol–water partition coefficient (Wildman–Crippen LogP) is 0.994. The molecule has 0 aromatic rings. The number of amides is 1. The Morgan fingerprint density at radius 2 is 2.19 bits per heavy atom. The van der Waals surface area contributed by atoms with E-state index in [1.54, 1.807) is 6.92 Å². The highest BCUT2D eigenvalue weighted by Crippen LogP contribution is 2.17. The number of nitriles is 1. The van der Waals surface area contributed by atoms with Gasteiger partial charge < -0.3 is 10.2 Å². The zero-order valence-electron chi connectivity index (χ0n) is 10.2. The van der Waals surface area contributed by atoms with Gasteiger partial charge in [0.05, 0.1) is 12.0 Å². The van der Waals surface area contributed by atoms with E-state index in [4.69, 9.17) is 5.26 Å². The van der Waals surface area contributed by atoms with E-state index in [0.717, 1.165) is 39.0 Å². The van der Waals surface area contributed by atoms with Gasteiger partial charge in [-0.1, -0.05) is 0 Å². The highest BCUT2D eigenvalue weighted by atomic mass is 16.1. The molecule has 16 heavy (non-hydrogen) atoms. The summed E-state index contributed by atoms with van der Waals surface area (Å²) in [5.74, 6) is 0.782. The average Bonchev–Trinajstić information content (AvgIpc) is 2.28. The minimum atomic E-state index is 0.0560. The van der Waals surface area contributed by atoms with Gasteiger partial charge in [-0.2, -0.15) is 5.26 Å². The molecule has 4 heteroatoms. The molecule has 4 nitrogen and oxygen atoms in total. The maximum Gasteiger partial charge on any atom is 0.216 e. The molecular weight excluding hydrogens is 202 g/mol. The van der Waals surface area contributed by atoms with Crippen LogP contribution in [0.2, 0.25) is 0 Å². The first-order valence-corrected chi connectivity index (χ1v) is 5.98. The third-order valence-electron chi connectivity index (χ3n) is 3.10. The molecule has 0 bridgehead atoms. The largest absolute Gasteiger partial charge is 0.356 e. The average molecular weight is 223 g/mol. The normalized spacial score (nSPS) is 20.1. The SMILES string of the molecule is CC(=O)NCC1CCN(CC(C)C#N)CC1. The van der Waals surface area contributed by atoms with Crippen LogP contribution in [-0.4, -0.2) is 37.0 Å². The van der Waals surface area contributed by atoms with E-state index >= 15 is 0 Å². The topological polar surface area (TPSA) is 56.1 Å². The highest BCUT2D eigenvalue weighted by Gasteiger charge is 2.20. The molecule has 1 aliphatic rings. The van der Waals surface area contributed by atoms with Crippen LogP contribution in [-0.2, 0) is 4.79 Å². The Bertz CT molecular complexity index is 264. The summed E-state index contributed by atoms with van der Waals surface area (Å²) in [6, 6.07) is 2.26. The summed E-state index contributed by atoms with van der Waals surface area (Å²) < 4.78 is 0. The van der Waals surface area contributed by atoms with Gasteiger partial charge in [0, 0.05) is 20.0 Å². The van der Waals surface area contributed by atoms with Crippen molar-refractivity contribution in [2.24, 2.45) is 11.8 Å². The third kappa shape index (κ3) is 4.63. The zero-order chi connectivity index (χ0) is 12.0. The first kappa shape index (κ1) is 13.0. The predicted molar refractivity (Wildman–Crippen MR) is 62.6 cm³/mol. The van der Waals surface area contributed by atoms with Gasteiger partial charge in [0.25, 0.3) is 0 Å². The summed E-state index contributed by atoms with van der Waals surface area (Å²) in [6.45, 7) is 7.31. The van der Waals surface area contributed by atoms with E-state index in [2.05, 4.69) is 16.3 Å². The highest BCUT2D eigenvalue weighted by molar-refractivity contribution is 5.72. The van der Waals surface area contributed by atoms with Crippen LogP contribution in [0, 0.1) is 23.2 Å². The molecule has 0 saturated carbocycles. The van der Waals surface area contributed by atoms with Crippen molar-refractivity contribution < 1.29 is 4.79 Å². The van der Waals surface area contributed by atoms with Crippen LogP contribution in [0.3, 0.4) is 0 Å². The van der Waals surface area contributed by atoms with Crippen molar-refractivity contribution in [3.8, 4) is 6.07 Å². The van der Waals surface area contributed by atoms with Crippen LogP contribution < -0.4 is 5.32 Å². The molecule has 1 fully saturated rings. The van der Waals surface area contributed by atoms with Crippen molar-refractivity contribution in [1.29, 1.82) is 5.26 Å². The molecule has 1 unspecified atom stereocenters. The van der Waals surface area contributed by atoms with Gasteiger partial charge in [-0.05, 0) is 38.8 Å². The number of rotatable bonds is 4. The Morgan fingerprint density at radius 1 is 1.56 bits per heavy atom. The number of piperidine rings is 1. The van der Waals surface area contributed by atoms with Crippen molar-refractivity contribution in [2.45, 2.75) is 26.7 Å². The second-order valence-electron chi connectivity index (χ2n) is 4.71. The summed E-state index contributed by atoms with van der Waals surface area (Å²) >= 11 is 0. The van der Waals surface area contributed by atoms with Gasteiger partial charge in [0.2, 0.25) is 5.91 Å². The first-order chi connectivity index (χ1) is 7.61. The molecule has 0 aromatic carbocycles. The molecule has 0 radical (unpaired) electrons. The van der Waals surface area contributed by atoms with Crippen molar-refractivity contribution in [3.05, 3.63) is 0 Å². The van der Waals surface area contributed by atoms with Gasteiger partial charge in [-0.25, -0.2) is 0 Å². The number of likely N-dealkylation sites (tertiary alicyclic amines) is 1. The molecule has 1 N–H and O–H groups in total. The van der Waals surface area contributed by atoms with Crippen LogP contribution in [0.1, 0.15) is 26.7 Å². The summed E-state index contributed by atoms with van der Waals surface area (Å²) in [5, 5.41) is 11.6. The number of carbonyl (C=O) groups excluding carboxylic acids is 1. The minimum Gasteiger partial charge on any atom is -0.356 e. The molecule has 1 atom stereocenters. The number of nitrogens with one attached hydrogen (secondary N) is 1. The van der Waals surface area contributed by atoms with E-state index in [1.165, 1.54) is 0 Å². The molecule has 90 valence electrons. The Morgan fingerprint density at radius 3 is 2.69 bits per heavy atom. The zero-order valence-corrected chi connectivity index (χ0v) is 10.2. The molecule has 0 spiro atoms. The number of hydrogen-bond acceptors (Lipinski definition) is 3. The number of nitrogens with zero attached hydrogens (tertiary/aromatic N) is 2. The molecule has 1 heterocycles. The van der Waals surface area contributed by atoms with E-state index in [0.29, 0.717) is 5.92 Å². The number of carbonyl (C=O) groups is 1. The molecule has 0 aromatic heterocycles. The van der Waals surface area contributed by atoms with Crippen LogP contribution in [0.5, 0.6) is 0 Å².